The van der Waals surface area contributed by atoms with Gasteiger partial charge >= 0.3 is 0 Å². The van der Waals surface area contributed by atoms with Gasteiger partial charge in [-0.3, -0.25) is 4.79 Å². The number of carbonyl (C=O) groups is 1. The second-order valence-corrected chi connectivity index (χ2v) is 6.75. The Balaban J connectivity index is 0.00000450. The zero-order chi connectivity index (χ0) is 21.2. The van der Waals surface area contributed by atoms with Gasteiger partial charge in [-0.2, -0.15) is 0 Å². The molecule has 1 aromatic carbocycles. The van der Waals surface area contributed by atoms with Crippen LogP contribution in [-0.4, -0.2) is 49.7 Å². The molecule has 1 heterocycles. The monoisotopic (exact) mass is 529 g/mol. The third kappa shape index (κ3) is 7.51. The lowest BCUT2D eigenvalue weighted by atomic mass is 10.1. The Morgan fingerprint density at radius 3 is 2.43 bits per heavy atom. The first kappa shape index (κ1) is 25.7. The Morgan fingerprint density at radius 2 is 1.87 bits per heavy atom. The van der Waals surface area contributed by atoms with Crippen LogP contribution >= 0.6 is 24.0 Å². The fourth-order valence-electron chi connectivity index (χ4n) is 2.70. The number of halogens is 1. The number of rotatable bonds is 9. The lowest BCUT2D eigenvalue weighted by Gasteiger charge is -2.15. The van der Waals surface area contributed by atoms with E-state index in [1.165, 1.54) is 0 Å². The van der Waals surface area contributed by atoms with Gasteiger partial charge in [-0.05, 0) is 24.1 Å². The smallest absolute Gasteiger partial charge is 0.241 e. The molecule has 0 fully saturated rings. The van der Waals surface area contributed by atoms with E-state index in [0.29, 0.717) is 19.0 Å². The van der Waals surface area contributed by atoms with Crippen molar-refractivity contribution in [1.82, 2.24) is 20.7 Å². The van der Waals surface area contributed by atoms with Crippen LogP contribution in [0.15, 0.2) is 33.8 Å². The summed E-state index contributed by atoms with van der Waals surface area (Å²) in [6.07, 6.45) is 1.57. The molecule has 0 bridgehead atoms. The fraction of sp³-hybridized carbons (Fsp3) is 0.476. The standard InChI is InChI=1S/C21H31N5O3.HI/c1-6-18-17(19(7-2)29-25-18)13-23-21(24-14-20(27)26(3)4)22-12-15-8-10-16(28-5)11-9-15;/h8-11H,6-7,12-14H2,1-5H3,(H2,22,23,24);1H. The molecular weight excluding hydrogens is 497 g/mol. The highest BCUT2D eigenvalue weighted by atomic mass is 127. The highest BCUT2D eigenvalue weighted by Crippen LogP contribution is 2.15. The Bertz CT molecular complexity index is 797. The average molecular weight is 529 g/mol. The molecule has 9 heteroatoms. The van der Waals surface area contributed by atoms with E-state index in [0.717, 1.165) is 41.2 Å². The molecule has 1 aromatic heterocycles. The van der Waals surface area contributed by atoms with E-state index in [2.05, 4.69) is 20.8 Å². The van der Waals surface area contributed by atoms with Gasteiger partial charge in [0.2, 0.25) is 5.91 Å². The van der Waals surface area contributed by atoms with E-state index >= 15 is 0 Å². The lowest BCUT2D eigenvalue weighted by Crippen LogP contribution is -2.42. The van der Waals surface area contributed by atoms with Crippen molar-refractivity contribution in [3.63, 3.8) is 0 Å². The molecule has 166 valence electrons. The number of carbonyl (C=O) groups excluding carboxylic acids is 1. The quantitative estimate of drug-likeness (QED) is 0.295. The molecule has 8 nitrogen and oxygen atoms in total. The first-order valence-electron chi connectivity index (χ1n) is 9.80. The molecule has 0 spiro atoms. The number of aryl methyl sites for hydroxylation is 2. The van der Waals surface area contributed by atoms with Crippen LogP contribution in [0.1, 0.15) is 36.4 Å². The highest BCUT2D eigenvalue weighted by Gasteiger charge is 2.14. The van der Waals surface area contributed by atoms with Crippen LogP contribution < -0.4 is 15.4 Å². The lowest BCUT2D eigenvalue weighted by molar-refractivity contribution is -0.127. The summed E-state index contributed by atoms with van der Waals surface area (Å²) in [6, 6.07) is 7.74. The molecular formula is C21H32IN5O3. The van der Waals surface area contributed by atoms with Gasteiger partial charge in [0.25, 0.3) is 0 Å². The third-order valence-electron chi connectivity index (χ3n) is 4.52. The molecule has 0 aliphatic rings. The number of amides is 1. The number of hydrogen-bond donors (Lipinski definition) is 2. The van der Waals surface area contributed by atoms with Crippen LogP contribution in [0.3, 0.4) is 0 Å². The number of benzene rings is 1. The van der Waals surface area contributed by atoms with Crippen molar-refractivity contribution in [2.45, 2.75) is 39.8 Å². The number of nitrogens with one attached hydrogen (secondary N) is 2. The van der Waals surface area contributed by atoms with Crippen molar-refractivity contribution in [2.75, 3.05) is 27.7 Å². The van der Waals surface area contributed by atoms with Crippen LogP contribution in [-0.2, 0) is 30.7 Å². The van der Waals surface area contributed by atoms with Gasteiger partial charge in [-0.25, -0.2) is 4.99 Å². The summed E-state index contributed by atoms with van der Waals surface area (Å²) in [5, 5.41) is 10.5. The van der Waals surface area contributed by atoms with E-state index in [9.17, 15) is 4.79 Å². The number of ether oxygens (including phenoxy) is 1. The molecule has 2 rings (SSSR count). The van der Waals surface area contributed by atoms with Gasteiger partial charge in [0, 0.05) is 32.6 Å². The van der Waals surface area contributed by atoms with Gasteiger partial charge in [0.05, 0.1) is 25.9 Å². The predicted octanol–water partition coefficient (Wildman–Crippen LogP) is 2.75. The highest BCUT2D eigenvalue weighted by molar-refractivity contribution is 14.0. The molecule has 2 N–H and O–H groups in total. The van der Waals surface area contributed by atoms with Crippen LogP contribution in [0, 0.1) is 0 Å². The summed E-state index contributed by atoms with van der Waals surface area (Å²) < 4.78 is 10.6. The summed E-state index contributed by atoms with van der Waals surface area (Å²) >= 11 is 0. The molecule has 0 aliphatic carbocycles. The van der Waals surface area contributed by atoms with Crippen molar-refractivity contribution in [1.29, 1.82) is 0 Å². The Hall–Kier alpha value is -2.30. The number of likely N-dealkylation sites (N-methyl/N-ethyl adjacent to an activating group) is 1. The molecule has 0 unspecified atom stereocenters. The van der Waals surface area contributed by atoms with Crippen molar-refractivity contribution in [3.05, 3.63) is 46.8 Å². The van der Waals surface area contributed by atoms with Crippen molar-refractivity contribution < 1.29 is 14.1 Å². The normalized spacial score (nSPS) is 10.9. The van der Waals surface area contributed by atoms with E-state index in [1.54, 1.807) is 26.1 Å². The summed E-state index contributed by atoms with van der Waals surface area (Å²) in [5.74, 6) is 2.20. The zero-order valence-corrected chi connectivity index (χ0v) is 20.6. The largest absolute Gasteiger partial charge is 0.497 e. The average Bonchev–Trinajstić information content (AvgIpc) is 3.15. The molecule has 0 radical (unpaired) electrons. The van der Waals surface area contributed by atoms with Gasteiger partial charge < -0.3 is 24.8 Å². The van der Waals surface area contributed by atoms with E-state index in [-0.39, 0.29) is 36.4 Å². The van der Waals surface area contributed by atoms with Crippen molar-refractivity contribution in [3.8, 4) is 5.75 Å². The minimum absolute atomic E-state index is 0. The second-order valence-electron chi connectivity index (χ2n) is 6.75. The molecule has 0 atom stereocenters. The van der Waals surface area contributed by atoms with Gasteiger partial charge in [0.1, 0.15) is 11.5 Å². The number of aliphatic imine (C=N–C) groups is 1. The molecule has 30 heavy (non-hydrogen) atoms. The van der Waals surface area contributed by atoms with E-state index in [4.69, 9.17) is 9.26 Å². The summed E-state index contributed by atoms with van der Waals surface area (Å²) in [5.41, 5.74) is 3.03. The molecule has 0 aliphatic heterocycles. The summed E-state index contributed by atoms with van der Waals surface area (Å²) in [6.45, 7) is 5.25. The Labute approximate surface area is 195 Å². The van der Waals surface area contributed by atoms with Crippen LogP contribution in [0.2, 0.25) is 0 Å². The van der Waals surface area contributed by atoms with Crippen LogP contribution in [0.25, 0.3) is 0 Å². The third-order valence-corrected chi connectivity index (χ3v) is 4.52. The molecule has 2 aromatic rings. The Morgan fingerprint density at radius 1 is 1.17 bits per heavy atom. The van der Waals surface area contributed by atoms with E-state index < -0.39 is 0 Å². The number of guanidine groups is 1. The van der Waals surface area contributed by atoms with Gasteiger partial charge in [-0.15, -0.1) is 24.0 Å². The zero-order valence-electron chi connectivity index (χ0n) is 18.3. The molecule has 0 saturated heterocycles. The van der Waals surface area contributed by atoms with Crippen LogP contribution in [0.4, 0.5) is 0 Å². The maximum Gasteiger partial charge on any atom is 0.241 e. The first-order valence-corrected chi connectivity index (χ1v) is 9.80. The maximum absolute atomic E-state index is 12.0. The fourth-order valence-corrected chi connectivity index (χ4v) is 2.70. The topological polar surface area (TPSA) is 92.0 Å². The summed E-state index contributed by atoms with van der Waals surface area (Å²) in [4.78, 5) is 18.1. The molecule has 1 amide bonds. The number of nitrogens with zero attached hydrogens (tertiary/aromatic N) is 3. The number of aromatic nitrogens is 1. The first-order chi connectivity index (χ1) is 14.0. The minimum Gasteiger partial charge on any atom is -0.497 e. The summed E-state index contributed by atoms with van der Waals surface area (Å²) in [7, 11) is 5.09. The number of hydrogen-bond acceptors (Lipinski definition) is 5. The van der Waals surface area contributed by atoms with Crippen molar-refractivity contribution >= 4 is 35.8 Å². The van der Waals surface area contributed by atoms with Gasteiger partial charge in [0.15, 0.2) is 5.96 Å². The maximum atomic E-state index is 12.0. The predicted molar refractivity (Wildman–Crippen MR) is 128 cm³/mol. The second kappa shape index (κ2) is 13.1. The van der Waals surface area contributed by atoms with Crippen LogP contribution in [0.5, 0.6) is 5.75 Å². The minimum atomic E-state index is -0.0302. The van der Waals surface area contributed by atoms with E-state index in [1.807, 2.05) is 38.1 Å². The van der Waals surface area contributed by atoms with Crippen molar-refractivity contribution in [2.24, 2.45) is 4.99 Å². The number of methoxy groups -OCH3 is 1. The Kier molecular flexibility index (Phi) is 11.2. The SMILES string of the molecule is CCc1noc(CC)c1CNC(=NCc1ccc(OC)cc1)NCC(=O)N(C)C.I. The van der Waals surface area contributed by atoms with Gasteiger partial charge in [-0.1, -0.05) is 31.1 Å². The molecule has 0 saturated carbocycles.